The lowest BCUT2D eigenvalue weighted by Crippen LogP contribution is -2.43. The van der Waals surface area contributed by atoms with E-state index in [1.165, 1.54) is 0 Å². The van der Waals surface area contributed by atoms with Crippen LogP contribution in [0.15, 0.2) is 24.3 Å². The number of ether oxygens (including phenoxy) is 1. The summed E-state index contributed by atoms with van der Waals surface area (Å²) in [5.74, 6) is 1.21. The van der Waals surface area contributed by atoms with Crippen LogP contribution in [0.2, 0.25) is 5.02 Å². The lowest BCUT2D eigenvalue weighted by Gasteiger charge is -2.35. The second kappa shape index (κ2) is 7.34. The van der Waals surface area contributed by atoms with Gasteiger partial charge in [0.1, 0.15) is 5.82 Å². The molecule has 2 aliphatic rings. The summed E-state index contributed by atoms with van der Waals surface area (Å²) in [6.07, 6.45) is 1.16. The standard InChI is InChI=1S/C18H22ClN5O2/c1-11-20-17(23-22-11)7-18(25)21-14-6-15-10-26-16(9-24(15)8-14)12-2-4-13(19)5-3-12/h2-5,14-16H,6-10H2,1H3,(H,21,25)(H,20,22,23)/t14-,15+,16-/m1/s1. The highest BCUT2D eigenvalue weighted by atomic mass is 35.5. The molecule has 2 aliphatic heterocycles. The van der Waals surface area contributed by atoms with Crippen molar-refractivity contribution in [2.75, 3.05) is 19.7 Å². The van der Waals surface area contributed by atoms with E-state index in [1.54, 1.807) is 0 Å². The van der Waals surface area contributed by atoms with E-state index in [-0.39, 0.29) is 24.5 Å². The normalized spacial score (nSPS) is 25.8. The molecule has 0 saturated carbocycles. The maximum atomic E-state index is 12.2. The number of fused-ring (bicyclic) bond motifs is 1. The molecular weight excluding hydrogens is 354 g/mol. The van der Waals surface area contributed by atoms with Gasteiger partial charge in [0.15, 0.2) is 5.82 Å². The van der Waals surface area contributed by atoms with E-state index in [0.29, 0.717) is 18.5 Å². The number of nitrogens with zero attached hydrogens (tertiary/aromatic N) is 3. The molecule has 1 aromatic carbocycles. The number of H-pyrrole nitrogens is 1. The second-order valence-electron chi connectivity index (χ2n) is 7.00. The Kier molecular flexibility index (Phi) is 4.93. The first-order chi connectivity index (χ1) is 12.6. The van der Waals surface area contributed by atoms with Crippen LogP contribution < -0.4 is 5.32 Å². The van der Waals surface area contributed by atoms with Crippen LogP contribution >= 0.6 is 11.6 Å². The van der Waals surface area contributed by atoms with E-state index in [2.05, 4.69) is 25.4 Å². The maximum Gasteiger partial charge on any atom is 0.228 e. The third kappa shape index (κ3) is 3.90. The van der Waals surface area contributed by atoms with Gasteiger partial charge in [-0.05, 0) is 31.0 Å². The molecule has 3 atom stereocenters. The molecule has 2 fully saturated rings. The van der Waals surface area contributed by atoms with Crippen molar-refractivity contribution < 1.29 is 9.53 Å². The average molecular weight is 376 g/mol. The van der Waals surface area contributed by atoms with Gasteiger partial charge in [0.2, 0.25) is 5.91 Å². The maximum absolute atomic E-state index is 12.2. The first-order valence-electron chi connectivity index (χ1n) is 8.85. The van der Waals surface area contributed by atoms with Crippen LogP contribution in [0.3, 0.4) is 0 Å². The van der Waals surface area contributed by atoms with Crippen molar-refractivity contribution in [2.24, 2.45) is 0 Å². The molecule has 0 unspecified atom stereocenters. The number of carbonyl (C=O) groups excluding carboxylic acids is 1. The fourth-order valence-electron chi connectivity index (χ4n) is 3.75. The number of nitrogens with one attached hydrogen (secondary N) is 2. The van der Waals surface area contributed by atoms with Gasteiger partial charge in [-0.25, -0.2) is 4.98 Å². The summed E-state index contributed by atoms with van der Waals surface area (Å²) in [4.78, 5) is 18.8. The van der Waals surface area contributed by atoms with Crippen LogP contribution in [-0.4, -0.2) is 57.8 Å². The first-order valence-corrected chi connectivity index (χ1v) is 9.23. The molecule has 8 heteroatoms. The number of hydrogen-bond acceptors (Lipinski definition) is 5. The van der Waals surface area contributed by atoms with Gasteiger partial charge in [-0.15, -0.1) is 0 Å². The molecule has 2 saturated heterocycles. The van der Waals surface area contributed by atoms with Gasteiger partial charge in [-0.2, -0.15) is 5.10 Å². The van der Waals surface area contributed by atoms with Gasteiger partial charge in [-0.1, -0.05) is 23.7 Å². The Hall–Kier alpha value is -1.96. The predicted octanol–water partition coefficient (Wildman–Crippen LogP) is 1.64. The van der Waals surface area contributed by atoms with Gasteiger partial charge in [0.05, 0.1) is 19.1 Å². The van der Waals surface area contributed by atoms with E-state index in [1.807, 2.05) is 31.2 Å². The van der Waals surface area contributed by atoms with Crippen molar-refractivity contribution in [3.63, 3.8) is 0 Å². The Morgan fingerprint density at radius 2 is 2.19 bits per heavy atom. The number of halogens is 1. The van der Waals surface area contributed by atoms with Crippen LogP contribution in [-0.2, 0) is 16.0 Å². The number of benzene rings is 1. The van der Waals surface area contributed by atoms with Crippen molar-refractivity contribution in [1.82, 2.24) is 25.4 Å². The number of rotatable bonds is 4. The predicted molar refractivity (Wildman–Crippen MR) is 96.9 cm³/mol. The van der Waals surface area contributed by atoms with Crippen LogP contribution in [0.1, 0.15) is 29.7 Å². The zero-order chi connectivity index (χ0) is 18.1. The zero-order valence-corrected chi connectivity index (χ0v) is 15.4. The van der Waals surface area contributed by atoms with Gasteiger partial charge in [0, 0.05) is 30.2 Å². The van der Waals surface area contributed by atoms with Crippen molar-refractivity contribution in [2.45, 2.75) is 38.0 Å². The Morgan fingerprint density at radius 1 is 1.38 bits per heavy atom. The summed E-state index contributed by atoms with van der Waals surface area (Å²) < 4.78 is 6.05. The summed E-state index contributed by atoms with van der Waals surface area (Å²) in [6.45, 7) is 4.18. The van der Waals surface area contributed by atoms with Gasteiger partial charge >= 0.3 is 0 Å². The van der Waals surface area contributed by atoms with E-state index in [9.17, 15) is 4.79 Å². The highest BCUT2D eigenvalue weighted by molar-refractivity contribution is 6.30. The topological polar surface area (TPSA) is 83.1 Å². The van der Waals surface area contributed by atoms with Gasteiger partial charge < -0.3 is 10.1 Å². The minimum absolute atomic E-state index is 0.0379. The monoisotopic (exact) mass is 375 g/mol. The third-order valence-electron chi connectivity index (χ3n) is 4.99. The minimum Gasteiger partial charge on any atom is -0.371 e. The third-order valence-corrected chi connectivity index (χ3v) is 5.24. The summed E-state index contributed by atoms with van der Waals surface area (Å²) in [5, 5.41) is 10.6. The van der Waals surface area contributed by atoms with E-state index >= 15 is 0 Å². The molecule has 1 aromatic heterocycles. The van der Waals surface area contributed by atoms with Crippen LogP contribution in [0.25, 0.3) is 0 Å². The van der Waals surface area contributed by atoms with Crippen LogP contribution in [0.5, 0.6) is 0 Å². The number of amides is 1. The molecule has 0 spiro atoms. The first kappa shape index (κ1) is 17.5. The molecule has 3 heterocycles. The number of hydrogen-bond donors (Lipinski definition) is 2. The van der Waals surface area contributed by atoms with E-state index < -0.39 is 0 Å². The number of aromatic nitrogens is 3. The Morgan fingerprint density at radius 3 is 2.92 bits per heavy atom. The number of aromatic amines is 1. The summed E-state index contributed by atoms with van der Waals surface area (Å²) in [5.41, 5.74) is 1.14. The zero-order valence-electron chi connectivity index (χ0n) is 14.6. The van der Waals surface area contributed by atoms with Gasteiger partial charge in [0.25, 0.3) is 0 Å². The molecule has 26 heavy (non-hydrogen) atoms. The molecule has 1 amide bonds. The number of aryl methyl sites for hydroxylation is 1. The molecule has 2 N–H and O–H groups in total. The fourth-order valence-corrected chi connectivity index (χ4v) is 3.87. The molecule has 138 valence electrons. The Balaban J connectivity index is 1.31. The SMILES string of the molecule is Cc1nc(CC(=O)N[C@@H]2C[C@H]3CO[C@@H](c4ccc(Cl)cc4)CN3C2)n[nH]1. The molecule has 2 aromatic rings. The number of carbonyl (C=O) groups is 1. The Bertz CT molecular complexity index is 778. The van der Waals surface area contributed by atoms with Gasteiger partial charge in [-0.3, -0.25) is 14.8 Å². The smallest absolute Gasteiger partial charge is 0.228 e. The number of morpholine rings is 1. The summed E-state index contributed by atoms with van der Waals surface area (Å²) in [7, 11) is 0. The Labute approximate surface area is 157 Å². The van der Waals surface area contributed by atoms with Crippen molar-refractivity contribution >= 4 is 17.5 Å². The second-order valence-corrected chi connectivity index (χ2v) is 7.43. The highest BCUT2D eigenvalue weighted by Gasteiger charge is 2.38. The summed E-state index contributed by atoms with van der Waals surface area (Å²) in [6, 6.07) is 8.31. The van der Waals surface area contributed by atoms with Crippen molar-refractivity contribution in [1.29, 1.82) is 0 Å². The molecule has 4 rings (SSSR count). The van der Waals surface area contributed by atoms with E-state index in [4.69, 9.17) is 16.3 Å². The molecule has 0 radical (unpaired) electrons. The molecule has 0 aliphatic carbocycles. The largest absolute Gasteiger partial charge is 0.371 e. The fraction of sp³-hybridized carbons (Fsp3) is 0.500. The van der Waals surface area contributed by atoms with Crippen molar-refractivity contribution in [3.05, 3.63) is 46.5 Å². The lowest BCUT2D eigenvalue weighted by molar-refractivity contribution is -0.121. The quantitative estimate of drug-likeness (QED) is 0.848. The highest BCUT2D eigenvalue weighted by Crippen LogP contribution is 2.30. The van der Waals surface area contributed by atoms with E-state index in [0.717, 1.165) is 35.9 Å². The minimum atomic E-state index is -0.0379. The molecular formula is C18H22ClN5O2. The average Bonchev–Trinajstić information content (AvgIpc) is 3.20. The van der Waals surface area contributed by atoms with Crippen LogP contribution in [0, 0.1) is 6.92 Å². The van der Waals surface area contributed by atoms with Crippen LogP contribution in [0.4, 0.5) is 0 Å². The summed E-state index contributed by atoms with van der Waals surface area (Å²) >= 11 is 5.96. The van der Waals surface area contributed by atoms with Crippen molar-refractivity contribution in [3.8, 4) is 0 Å². The molecule has 7 nitrogen and oxygen atoms in total. The lowest BCUT2D eigenvalue weighted by atomic mass is 10.1. The molecule has 0 bridgehead atoms.